The number of hydrogen-bond acceptors (Lipinski definition) is 7. The SMILES string of the molecule is COc1ccc(Cc2cc([C@]3(O)O[C@H](CO)[C@H](OC)[C@H](O)[C@H]3O)ccc2Cl)cc1. The van der Waals surface area contributed by atoms with Crippen LogP contribution in [0, 0.1) is 0 Å². The normalized spacial score (nSPS) is 29.6. The van der Waals surface area contributed by atoms with Crippen LogP contribution >= 0.6 is 11.6 Å². The van der Waals surface area contributed by atoms with Gasteiger partial charge in [0.1, 0.15) is 30.2 Å². The summed E-state index contributed by atoms with van der Waals surface area (Å²) in [6, 6.07) is 12.2. The Morgan fingerprint density at radius 3 is 2.38 bits per heavy atom. The largest absolute Gasteiger partial charge is 0.497 e. The molecule has 5 atom stereocenters. The van der Waals surface area contributed by atoms with Crippen LogP contribution in [-0.2, 0) is 21.7 Å². The zero-order valence-electron chi connectivity index (χ0n) is 16.2. The highest BCUT2D eigenvalue weighted by molar-refractivity contribution is 6.31. The Morgan fingerprint density at radius 1 is 1.10 bits per heavy atom. The number of methoxy groups -OCH3 is 2. The molecule has 8 heteroatoms. The minimum absolute atomic E-state index is 0.213. The molecule has 0 amide bonds. The average Bonchev–Trinajstić information content (AvgIpc) is 2.73. The van der Waals surface area contributed by atoms with Gasteiger partial charge >= 0.3 is 0 Å². The molecular formula is C21H25ClO7. The molecule has 1 fully saturated rings. The lowest BCUT2D eigenvalue weighted by Gasteiger charge is -2.46. The van der Waals surface area contributed by atoms with Gasteiger partial charge < -0.3 is 34.6 Å². The van der Waals surface area contributed by atoms with E-state index in [4.69, 9.17) is 25.8 Å². The van der Waals surface area contributed by atoms with Gasteiger partial charge in [0.25, 0.3) is 0 Å². The highest BCUT2D eigenvalue weighted by Gasteiger charge is 2.54. The van der Waals surface area contributed by atoms with Crippen LogP contribution in [0.1, 0.15) is 16.7 Å². The first-order valence-electron chi connectivity index (χ1n) is 9.15. The van der Waals surface area contributed by atoms with E-state index >= 15 is 0 Å². The molecule has 1 aliphatic heterocycles. The molecular weight excluding hydrogens is 400 g/mol. The number of halogens is 1. The van der Waals surface area contributed by atoms with E-state index in [1.54, 1.807) is 19.2 Å². The molecule has 3 rings (SSSR count). The molecule has 0 saturated carbocycles. The van der Waals surface area contributed by atoms with E-state index in [0.717, 1.165) is 11.3 Å². The molecule has 1 heterocycles. The average molecular weight is 425 g/mol. The fraction of sp³-hybridized carbons (Fsp3) is 0.429. The Balaban J connectivity index is 1.92. The second-order valence-corrected chi connectivity index (χ2v) is 7.41. The second kappa shape index (κ2) is 8.97. The predicted molar refractivity (Wildman–Crippen MR) is 106 cm³/mol. The molecule has 29 heavy (non-hydrogen) atoms. The fourth-order valence-corrected chi connectivity index (χ4v) is 3.75. The van der Waals surface area contributed by atoms with Gasteiger partial charge in [0.05, 0.1) is 13.7 Å². The van der Waals surface area contributed by atoms with Crippen LogP contribution < -0.4 is 4.74 Å². The molecule has 4 N–H and O–H groups in total. The van der Waals surface area contributed by atoms with Crippen LogP contribution in [0.5, 0.6) is 5.75 Å². The Labute approximate surface area is 174 Å². The monoisotopic (exact) mass is 424 g/mol. The highest BCUT2D eigenvalue weighted by atomic mass is 35.5. The van der Waals surface area contributed by atoms with Gasteiger partial charge in [-0.05, 0) is 41.8 Å². The van der Waals surface area contributed by atoms with Crippen LogP contribution in [0.2, 0.25) is 5.02 Å². The quantitative estimate of drug-likeness (QED) is 0.552. The van der Waals surface area contributed by atoms with E-state index in [1.807, 2.05) is 24.3 Å². The van der Waals surface area contributed by atoms with Gasteiger partial charge in [-0.15, -0.1) is 0 Å². The Bertz CT molecular complexity index is 826. The molecule has 0 radical (unpaired) electrons. The number of aliphatic hydroxyl groups is 4. The van der Waals surface area contributed by atoms with Crippen molar-refractivity contribution in [1.29, 1.82) is 0 Å². The van der Waals surface area contributed by atoms with Crippen LogP contribution in [-0.4, -0.2) is 65.7 Å². The summed E-state index contributed by atoms with van der Waals surface area (Å²) in [6.45, 7) is -0.503. The fourth-order valence-electron chi connectivity index (χ4n) is 3.57. The molecule has 0 bridgehead atoms. The maximum Gasteiger partial charge on any atom is 0.222 e. The number of hydrogen-bond donors (Lipinski definition) is 4. The first kappa shape index (κ1) is 22.0. The third kappa shape index (κ3) is 4.27. The van der Waals surface area contributed by atoms with Crippen molar-refractivity contribution in [2.75, 3.05) is 20.8 Å². The van der Waals surface area contributed by atoms with Crippen LogP contribution in [0.15, 0.2) is 42.5 Å². The maximum atomic E-state index is 11.1. The number of benzene rings is 2. The predicted octanol–water partition coefficient (Wildman–Crippen LogP) is 1.21. The van der Waals surface area contributed by atoms with Crippen molar-refractivity contribution >= 4 is 11.6 Å². The van der Waals surface area contributed by atoms with E-state index in [9.17, 15) is 20.4 Å². The zero-order chi connectivity index (χ0) is 21.2. The molecule has 2 aromatic carbocycles. The van der Waals surface area contributed by atoms with Gasteiger partial charge in [0, 0.05) is 17.7 Å². The van der Waals surface area contributed by atoms with Crippen molar-refractivity contribution in [3.05, 3.63) is 64.2 Å². The minimum Gasteiger partial charge on any atom is -0.497 e. The molecule has 0 spiro atoms. The van der Waals surface area contributed by atoms with Crippen molar-refractivity contribution in [1.82, 2.24) is 0 Å². The lowest BCUT2D eigenvalue weighted by molar-refractivity contribution is -0.360. The number of ether oxygens (including phenoxy) is 3. The van der Waals surface area contributed by atoms with Gasteiger partial charge in [-0.3, -0.25) is 0 Å². The molecule has 7 nitrogen and oxygen atoms in total. The summed E-state index contributed by atoms with van der Waals surface area (Å²) in [5.74, 6) is -1.50. The summed E-state index contributed by atoms with van der Waals surface area (Å²) < 4.78 is 15.8. The van der Waals surface area contributed by atoms with Crippen LogP contribution in [0.3, 0.4) is 0 Å². The van der Waals surface area contributed by atoms with Crippen molar-refractivity contribution in [2.45, 2.75) is 36.6 Å². The number of rotatable bonds is 6. The molecule has 2 aromatic rings. The van der Waals surface area contributed by atoms with Crippen molar-refractivity contribution in [3.63, 3.8) is 0 Å². The molecule has 1 saturated heterocycles. The standard InChI is InChI=1S/C21H25ClO7/c1-27-15-6-3-12(4-7-15)9-13-10-14(5-8-16(13)22)21(26)20(25)18(24)19(28-2)17(11-23)29-21/h3-8,10,17-20,23-26H,9,11H2,1-2H3/t17-,18+,19+,20-,21+/m1/s1. The molecule has 0 aromatic heterocycles. The Kier molecular flexibility index (Phi) is 6.80. The van der Waals surface area contributed by atoms with E-state index in [-0.39, 0.29) is 5.56 Å². The van der Waals surface area contributed by atoms with E-state index in [2.05, 4.69) is 0 Å². The summed E-state index contributed by atoms with van der Waals surface area (Å²) in [4.78, 5) is 0. The van der Waals surface area contributed by atoms with Crippen LogP contribution in [0.25, 0.3) is 0 Å². The smallest absolute Gasteiger partial charge is 0.222 e. The summed E-state index contributed by atoms with van der Waals surface area (Å²) in [7, 11) is 2.92. The van der Waals surface area contributed by atoms with Gasteiger partial charge in [0.2, 0.25) is 5.79 Å². The molecule has 158 valence electrons. The van der Waals surface area contributed by atoms with E-state index < -0.39 is 36.8 Å². The Morgan fingerprint density at radius 2 is 1.79 bits per heavy atom. The van der Waals surface area contributed by atoms with Crippen molar-refractivity contribution < 1.29 is 34.6 Å². The topological polar surface area (TPSA) is 109 Å². The lowest BCUT2D eigenvalue weighted by Crippen LogP contribution is -2.64. The Hall–Kier alpha value is -1.71. The minimum atomic E-state index is -2.24. The van der Waals surface area contributed by atoms with Gasteiger partial charge in [0.15, 0.2) is 0 Å². The maximum absolute atomic E-state index is 11.1. The zero-order valence-corrected chi connectivity index (χ0v) is 16.9. The summed E-state index contributed by atoms with van der Waals surface area (Å²) in [5, 5.41) is 42.1. The van der Waals surface area contributed by atoms with E-state index in [1.165, 1.54) is 13.2 Å². The first-order valence-corrected chi connectivity index (χ1v) is 9.53. The van der Waals surface area contributed by atoms with E-state index in [0.29, 0.717) is 17.0 Å². The summed E-state index contributed by atoms with van der Waals surface area (Å²) in [5.41, 5.74) is 1.88. The lowest BCUT2D eigenvalue weighted by atomic mass is 9.87. The molecule has 1 aliphatic rings. The summed E-state index contributed by atoms with van der Waals surface area (Å²) >= 11 is 6.34. The van der Waals surface area contributed by atoms with Gasteiger partial charge in [-0.2, -0.15) is 0 Å². The molecule has 0 unspecified atom stereocenters. The van der Waals surface area contributed by atoms with Gasteiger partial charge in [-0.1, -0.05) is 29.8 Å². The van der Waals surface area contributed by atoms with Crippen molar-refractivity contribution in [3.8, 4) is 5.75 Å². The summed E-state index contributed by atoms with van der Waals surface area (Å²) in [6.07, 6.45) is -4.69. The first-order chi connectivity index (χ1) is 13.8. The van der Waals surface area contributed by atoms with Gasteiger partial charge in [-0.25, -0.2) is 0 Å². The third-order valence-corrected chi connectivity index (χ3v) is 5.59. The van der Waals surface area contributed by atoms with Crippen molar-refractivity contribution in [2.24, 2.45) is 0 Å². The third-order valence-electron chi connectivity index (χ3n) is 5.22. The second-order valence-electron chi connectivity index (χ2n) is 7.00. The highest BCUT2D eigenvalue weighted by Crippen LogP contribution is 2.38. The van der Waals surface area contributed by atoms with Crippen LogP contribution in [0.4, 0.5) is 0 Å². The molecule has 0 aliphatic carbocycles. The number of aliphatic hydroxyl groups excluding tert-OH is 3.